The number of H-pyrrole nitrogens is 1. The van der Waals surface area contributed by atoms with Crippen molar-refractivity contribution in [1.82, 2.24) is 9.97 Å². The molecule has 0 saturated heterocycles. The molecule has 0 aliphatic rings. The molecule has 0 aliphatic heterocycles. The quantitative estimate of drug-likeness (QED) is 0.0337. The molecule has 2 nitrogen and oxygen atoms in total. The van der Waals surface area contributed by atoms with Gasteiger partial charge in [-0.05, 0) is 33.0 Å². The number of halogens is 42. The molecule has 13 aromatic rings. The van der Waals surface area contributed by atoms with Gasteiger partial charge >= 0.3 is 28.3 Å². The predicted molar refractivity (Wildman–Crippen MR) is 341 cm³/mol. The summed E-state index contributed by atoms with van der Waals surface area (Å²) in [4.78, 5) is 7.38. The summed E-state index contributed by atoms with van der Waals surface area (Å²) in [7, 11) is 0. The number of hydrogen-bond donors (Lipinski definition) is 1. The van der Waals surface area contributed by atoms with Crippen molar-refractivity contribution in [3.05, 3.63) is 263 Å². The van der Waals surface area contributed by atoms with Crippen LogP contribution in [0.3, 0.4) is 0 Å². The van der Waals surface area contributed by atoms with E-state index in [4.69, 9.17) is 0 Å². The number of aryl methyl sites for hydroxylation is 1. The highest BCUT2D eigenvalue weighted by Gasteiger charge is 2.51. The second-order valence-electron chi connectivity index (χ2n) is 25.6. The van der Waals surface area contributed by atoms with Crippen LogP contribution in [0.4, 0.5) is 184 Å². The summed E-state index contributed by atoms with van der Waals surface area (Å²) in [5, 5.41) is -30.8. The van der Waals surface area contributed by atoms with E-state index in [1.54, 1.807) is 0 Å². The van der Waals surface area contributed by atoms with Crippen molar-refractivity contribution in [3.8, 4) is 0 Å². The van der Waals surface area contributed by atoms with Gasteiger partial charge in [-0.25, -0.2) is 189 Å². The van der Waals surface area contributed by atoms with E-state index in [1.807, 2.05) is 12.4 Å². The normalized spacial score (nSPS) is 11.8. The second-order valence-corrected chi connectivity index (χ2v) is 30.8. The molecule has 120 heavy (non-hydrogen) atoms. The Morgan fingerprint density at radius 3 is 0.475 bits per heavy atom. The van der Waals surface area contributed by atoms with Gasteiger partial charge in [0.15, 0.2) is 175 Å². The molecule has 0 fully saturated rings. The van der Waals surface area contributed by atoms with Gasteiger partial charge in [0.2, 0.25) is 0 Å². The Morgan fingerprint density at radius 1 is 0.183 bits per heavy atom. The number of fused-ring (bicyclic) bond motifs is 6. The fourth-order valence-corrected chi connectivity index (χ4v) is 19.8. The van der Waals surface area contributed by atoms with Crippen LogP contribution in [0.1, 0.15) is 70.5 Å². The zero-order valence-electron chi connectivity index (χ0n) is 57.7. The zero-order chi connectivity index (χ0) is 89.3. The smallest absolute Gasteiger partial charge is 0.349 e. The first kappa shape index (κ1) is 90.3. The van der Waals surface area contributed by atoms with Gasteiger partial charge in [-0.1, -0.05) is 58.3 Å². The summed E-state index contributed by atoms with van der Waals surface area (Å²) in [6, 6.07) is 0. The first-order chi connectivity index (χ1) is 56.2. The van der Waals surface area contributed by atoms with Gasteiger partial charge in [-0.2, -0.15) is 0 Å². The van der Waals surface area contributed by atoms with Crippen LogP contribution in [0.25, 0.3) is 64.6 Å². The van der Waals surface area contributed by atoms with Crippen molar-refractivity contribution in [2.75, 3.05) is 0 Å². The molecule has 632 valence electrons. The SMILES string of the molecule is CCCCCCCCCCCc1ncc[nH]1.Fc1c(F)c(F)c2c(F)[c]([Al]([c]3c(F)c(F)c4c(F)c(F)c(F)c(F)c4c3F)[c]3c(F)c(F)c4c(F)c(F)c(F)c(F)c4c3F)c(F)c(F)c2c1F.Fc1c(F)c(F)c2c(F)[c]([Al]([c]3c(F)c(F)c4c(F)c(F)c(F)c(F)c4c3F)[c]3c(F)c(F)c4c(F)c(F)c(F)c(F)c4c3F)c(F)c(F)c2c1F. The topological polar surface area (TPSA) is 28.7 Å². The van der Waals surface area contributed by atoms with Gasteiger partial charge in [0.05, 0.1) is 64.6 Å². The van der Waals surface area contributed by atoms with E-state index in [9.17, 15) is 105 Å². The summed E-state index contributed by atoms with van der Waals surface area (Å²) in [6.45, 7) is 2.27. The minimum absolute atomic E-state index is 1.11. The van der Waals surface area contributed by atoms with E-state index in [0.717, 1.165) is 12.2 Å². The van der Waals surface area contributed by atoms with Gasteiger partial charge < -0.3 is 4.98 Å². The lowest BCUT2D eigenvalue weighted by atomic mass is 10.1. The number of rotatable bonds is 16. The highest BCUT2D eigenvalue weighted by atomic mass is 27.2. The van der Waals surface area contributed by atoms with Crippen molar-refractivity contribution in [1.29, 1.82) is 0 Å². The number of nitrogens with one attached hydrogen (secondary N) is 1. The lowest BCUT2D eigenvalue weighted by Gasteiger charge is -2.22. The van der Waals surface area contributed by atoms with Gasteiger partial charge in [0.1, 0.15) is 75.6 Å². The van der Waals surface area contributed by atoms with E-state index in [-0.39, 0.29) is 0 Å². The third-order valence-corrected chi connectivity index (χ3v) is 25.5. The molecule has 0 amide bonds. The Labute approximate surface area is 645 Å². The van der Waals surface area contributed by atoms with Gasteiger partial charge in [-0.15, -0.1) is 0 Å². The second kappa shape index (κ2) is 33.9. The molecule has 1 N–H and O–H groups in total. The van der Waals surface area contributed by atoms with Crippen LogP contribution in [-0.2, 0) is 6.42 Å². The van der Waals surface area contributed by atoms with Crippen LogP contribution in [0, 0.1) is 244 Å². The molecular formula is C74H26Al2F42N2. The number of aromatic nitrogens is 2. The van der Waals surface area contributed by atoms with Gasteiger partial charge in [0.25, 0.3) is 0 Å². The average Bonchev–Trinajstić information content (AvgIpc) is 0.717. The van der Waals surface area contributed by atoms with Gasteiger partial charge in [0, 0.05) is 18.8 Å². The molecule has 0 saturated carbocycles. The Hall–Kier alpha value is -10.5. The first-order valence-corrected chi connectivity index (χ1v) is 36.5. The Morgan fingerprint density at radius 2 is 0.325 bits per heavy atom. The van der Waals surface area contributed by atoms with Crippen LogP contribution in [0.5, 0.6) is 0 Å². The fourth-order valence-electron chi connectivity index (χ4n) is 13.4. The summed E-state index contributed by atoms with van der Waals surface area (Å²) in [5.41, 5.74) is 0. The number of aromatic amines is 1. The van der Waals surface area contributed by atoms with E-state index in [2.05, 4.69) is 16.9 Å². The maximum Gasteiger partial charge on any atom is 0.412 e. The van der Waals surface area contributed by atoms with Crippen LogP contribution < -0.4 is 26.6 Å². The Bertz CT molecular complexity index is 5610. The molecule has 13 rings (SSSR count). The summed E-state index contributed by atoms with van der Waals surface area (Å²) in [6.07, 6.45) is 17.4. The molecule has 0 spiro atoms. The fraction of sp³-hybridized carbons (Fsp3) is 0.149. The molecule has 0 atom stereocenters. The molecule has 1 aromatic heterocycles. The molecule has 0 radical (unpaired) electrons. The zero-order valence-corrected chi connectivity index (χ0v) is 60.0. The Balaban J connectivity index is 0.000000198. The molecular weight excluding hydrogens is 1770 g/mol. The minimum atomic E-state index is -6.63. The third-order valence-electron chi connectivity index (χ3n) is 19.0. The standard InChI is InChI=1S/C14H26N2.6C10F7.2Al/c1-2-3-4-5-6-7-8-9-10-11-14-15-12-13-16-14;6*11-2-1-3(12)6(13)5-4(2)7(14)9(16)10(17)8(5)15;;/h12-13H,2-11H2,1H3,(H,15,16);;;;;;;;. The lowest BCUT2D eigenvalue weighted by molar-refractivity contribution is 0.412. The monoisotopic (exact) mass is 1790 g/mol. The third kappa shape index (κ3) is 14.0. The average molecular weight is 1790 g/mol. The lowest BCUT2D eigenvalue weighted by Crippen LogP contribution is -2.60. The number of hydrogen-bond acceptors (Lipinski definition) is 1. The highest BCUT2D eigenvalue weighted by Crippen LogP contribution is 2.41. The summed E-state index contributed by atoms with van der Waals surface area (Å²) < 4.78 is 611. The maximum absolute atomic E-state index is 16.1. The van der Waals surface area contributed by atoms with E-state index in [0.29, 0.717) is 0 Å². The number of nitrogens with zero attached hydrogens (tertiary/aromatic N) is 1. The molecule has 0 aliphatic carbocycles. The summed E-state index contributed by atoms with van der Waals surface area (Å²) >= 11 is -13.3. The molecule has 1 heterocycles. The maximum atomic E-state index is 16.1. The van der Waals surface area contributed by atoms with E-state index >= 15 is 79.0 Å². The first-order valence-electron chi connectivity index (χ1n) is 33.1. The minimum Gasteiger partial charge on any atom is -0.349 e. The van der Waals surface area contributed by atoms with Crippen LogP contribution in [0.15, 0.2) is 12.4 Å². The molecule has 0 bridgehead atoms. The van der Waals surface area contributed by atoms with Crippen LogP contribution in [-0.4, -0.2) is 38.3 Å². The summed E-state index contributed by atoms with van der Waals surface area (Å²) in [5.74, 6) is -128. The predicted octanol–water partition coefficient (Wildman–Crippen LogP) is 21.7. The van der Waals surface area contributed by atoms with Crippen LogP contribution in [0.2, 0.25) is 0 Å². The molecule has 0 unspecified atom stereocenters. The van der Waals surface area contributed by atoms with Crippen molar-refractivity contribution in [3.63, 3.8) is 0 Å². The van der Waals surface area contributed by atoms with Crippen LogP contribution >= 0.6 is 0 Å². The van der Waals surface area contributed by atoms with Crippen molar-refractivity contribution < 1.29 is 184 Å². The van der Waals surface area contributed by atoms with Crippen molar-refractivity contribution in [2.24, 2.45) is 0 Å². The highest BCUT2D eigenvalue weighted by molar-refractivity contribution is 6.97. The van der Waals surface area contributed by atoms with Crippen molar-refractivity contribution >= 4 is 119 Å². The van der Waals surface area contributed by atoms with Gasteiger partial charge in [-0.3, -0.25) is 0 Å². The number of benzene rings is 12. The number of unbranched alkanes of at least 4 members (excludes halogenated alkanes) is 8. The number of imidazole rings is 1. The molecule has 12 aromatic carbocycles. The van der Waals surface area contributed by atoms with E-state index < -0.39 is 364 Å². The van der Waals surface area contributed by atoms with E-state index in [1.165, 1.54) is 57.8 Å². The molecule has 46 heteroatoms. The Kier molecular flexibility index (Phi) is 25.5. The largest absolute Gasteiger partial charge is 0.412 e. The van der Waals surface area contributed by atoms with Crippen molar-refractivity contribution in [2.45, 2.75) is 71.1 Å².